The fraction of sp³-hybridized carbons (Fsp3) is 0.576. The number of carbonyl (C=O) groups excluding carboxylic acids is 1. The van der Waals surface area contributed by atoms with Crippen LogP contribution in [0.5, 0.6) is 5.75 Å². The van der Waals surface area contributed by atoms with Crippen molar-refractivity contribution in [2.75, 3.05) is 47.4 Å². The summed E-state index contributed by atoms with van der Waals surface area (Å²) in [5, 5.41) is 0. The number of likely N-dealkylation sites (tertiary alicyclic amines) is 1. The number of methoxy groups -OCH3 is 1. The molecule has 3 heterocycles. The second-order valence-corrected chi connectivity index (χ2v) is 12.4. The maximum atomic E-state index is 13.8. The van der Waals surface area contributed by atoms with E-state index in [9.17, 15) is 4.79 Å². The zero-order valence-corrected chi connectivity index (χ0v) is 25.7. The fourth-order valence-electron chi connectivity index (χ4n) is 5.50. The Morgan fingerprint density at radius 1 is 1.02 bits per heavy atom. The molecule has 0 N–H and O–H groups in total. The van der Waals surface area contributed by atoms with Gasteiger partial charge in [0, 0.05) is 50.5 Å². The van der Waals surface area contributed by atoms with Gasteiger partial charge in [0.1, 0.15) is 11.4 Å². The number of aromatic nitrogens is 2. The maximum Gasteiger partial charge on any atom is 0.255 e. The van der Waals surface area contributed by atoms with Crippen LogP contribution in [-0.4, -0.2) is 83.4 Å². The standard InChI is InChI=1S/C33H49N5O2/c1-24(2)13-19-37(20-14-25(3)4)33(39)27-11-12-31-34-32(26-9-8-10-29(21-26)40-7)30(38(31)22-27)23-36-17-15-28(16-18-36)35(5)6/h8-12,21-22,24-25,28H,13-20,23H2,1-7H3. The summed E-state index contributed by atoms with van der Waals surface area (Å²) in [6, 6.07) is 12.7. The summed E-state index contributed by atoms with van der Waals surface area (Å²) in [4.78, 5) is 25.8. The number of benzene rings is 1. The molecule has 0 saturated carbocycles. The van der Waals surface area contributed by atoms with Crippen LogP contribution in [0.2, 0.25) is 0 Å². The zero-order valence-electron chi connectivity index (χ0n) is 25.7. The quantitative estimate of drug-likeness (QED) is 0.275. The lowest BCUT2D eigenvalue weighted by Gasteiger charge is -2.35. The summed E-state index contributed by atoms with van der Waals surface area (Å²) in [5.74, 6) is 2.03. The monoisotopic (exact) mass is 547 g/mol. The molecular formula is C33H49N5O2. The molecule has 1 aromatic carbocycles. The van der Waals surface area contributed by atoms with Crippen LogP contribution in [0.15, 0.2) is 42.6 Å². The van der Waals surface area contributed by atoms with Crippen molar-refractivity contribution in [3.63, 3.8) is 0 Å². The summed E-state index contributed by atoms with van der Waals surface area (Å²) < 4.78 is 7.69. The molecule has 0 unspecified atom stereocenters. The highest BCUT2D eigenvalue weighted by molar-refractivity contribution is 5.94. The van der Waals surface area contributed by atoms with Crippen LogP contribution in [0.25, 0.3) is 16.9 Å². The Labute approximate surface area is 241 Å². The van der Waals surface area contributed by atoms with Gasteiger partial charge in [0.05, 0.1) is 24.1 Å². The van der Waals surface area contributed by atoms with E-state index < -0.39 is 0 Å². The van der Waals surface area contributed by atoms with Gasteiger partial charge in [-0.3, -0.25) is 9.69 Å². The van der Waals surface area contributed by atoms with Crippen molar-refractivity contribution in [2.24, 2.45) is 11.8 Å². The molecule has 0 aliphatic carbocycles. The van der Waals surface area contributed by atoms with Gasteiger partial charge in [-0.15, -0.1) is 0 Å². The summed E-state index contributed by atoms with van der Waals surface area (Å²) in [6.45, 7) is 13.3. The van der Waals surface area contributed by atoms with Crippen LogP contribution < -0.4 is 4.74 Å². The van der Waals surface area contributed by atoms with E-state index in [0.717, 1.165) is 92.3 Å². The lowest BCUT2D eigenvalue weighted by atomic mass is 10.0. The smallest absolute Gasteiger partial charge is 0.255 e. The topological polar surface area (TPSA) is 53.3 Å². The molecule has 0 atom stereocenters. The van der Waals surface area contributed by atoms with Crippen molar-refractivity contribution in [3.05, 3.63) is 53.9 Å². The minimum Gasteiger partial charge on any atom is -0.497 e. The van der Waals surface area contributed by atoms with Gasteiger partial charge in [0.15, 0.2) is 0 Å². The Morgan fingerprint density at radius 2 is 1.70 bits per heavy atom. The highest BCUT2D eigenvalue weighted by atomic mass is 16.5. The summed E-state index contributed by atoms with van der Waals surface area (Å²) in [6.07, 6.45) is 6.34. The molecule has 0 spiro atoms. The van der Waals surface area contributed by atoms with Gasteiger partial charge in [0.25, 0.3) is 5.91 Å². The molecule has 3 aromatic rings. The van der Waals surface area contributed by atoms with Gasteiger partial charge in [-0.1, -0.05) is 39.8 Å². The van der Waals surface area contributed by atoms with Crippen LogP contribution in [-0.2, 0) is 6.54 Å². The van der Waals surface area contributed by atoms with Crippen molar-refractivity contribution < 1.29 is 9.53 Å². The van der Waals surface area contributed by atoms with E-state index in [2.05, 4.69) is 68.1 Å². The number of pyridine rings is 1. The predicted molar refractivity (Wildman–Crippen MR) is 164 cm³/mol. The molecule has 7 heteroatoms. The molecule has 0 bridgehead atoms. The molecule has 2 aromatic heterocycles. The molecule has 40 heavy (non-hydrogen) atoms. The first-order chi connectivity index (χ1) is 19.2. The van der Waals surface area contributed by atoms with Crippen molar-refractivity contribution in [1.29, 1.82) is 0 Å². The zero-order chi connectivity index (χ0) is 28.8. The average molecular weight is 548 g/mol. The van der Waals surface area contributed by atoms with Crippen LogP contribution >= 0.6 is 0 Å². The second-order valence-electron chi connectivity index (χ2n) is 12.4. The molecule has 1 amide bonds. The number of rotatable bonds is 12. The number of imidazole rings is 1. The molecule has 0 radical (unpaired) electrons. The van der Waals surface area contributed by atoms with Crippen molar-refractivity contribution in [1.82, 2.24) is 24.1 Å². The largest absolute Gasteiger partial charge is 0.497 e. The third-order valence-electron chi connectivity index (χ3n) is 8.21. The number of piperidine rings is 1. The number of ether oxygens (including phenoxy) is 1. The fourth-order valence-corrected chi connectivity index (χ4v) is 5.50. The summed E-state index contributed by atoms with van der Waals surface area (Å²) in [7, 11) is 6.05. The minimum atomic E-state index is 0.109. The Kier molecular flexibility index (Phi) is 10.3. The van der Waals surface area contributed by atoms with E-state index >= 15 is 0 Å². The van der Waals surface area contributed by atoms with E-state index in [1.54, 1.807) is 7.11 Å². The number of carbonyl (C=O) groups is 1. The molecule has 218 valence electrons. The number of hydrogen-bond donors (Lipinski definition) is 0. The highest BCUT2D eigenvalue weighted by Crippen LogP contribution is 2.30. The molecule has 1 aliphatic heterocycles. The van der Waals surface area contributed by atoms with E-state index in [0.29, 0.717) is 17.9 Å². The van der Waals surface area contributed by atoms with E-state index in [1.165, 1.54) is 0 Å². The van der Waals surface area contributed by atoms with Gasteiger partial charge < -0.3 is 18.9 Å². The van der Waals surface area contributed by atoms with E-state index in [4.69, 9.17) is 9.72 Å². The molecule has 1 fully saturated rings. The average Bonchev–Trinajstić information content (AvgIpc) is 3.30. The number of nitrogens with zero attached hydrogens (tertiary/aromatic N) is 5. The Morgan fingerprint density at radius 3 is 2.30 bits per heavy atom. The SMILES string of the molecule is COc1cccc(-c2nc3ccc(C(=O)N(CCC(C)C)CCC(C)C)cn3c2CN2CCC(N(C)C)CC2)c1. The minimum absolute atomic E-state index is 0.109. The highest BCUT2D eigenvalue weighted by Gasteiger charge is 2.25. The van der Waals surface area contributed by atoms with Crippen molar-refractivity contribution >= 4 is 11.6 Å². The van der Waals surface area contributed by atoms with Crippen molar-refractivity contribution in [2.45, 2.75) is 66.0 Å². The Balaban J connectivity index is 1.70. The van der Waals surface area contributed by atoms with E-state index in [1.807, 2.05) is 35.4 Å². The first kappa shape index (κ1) is 30.1. The van der Waals surface area contributed by atoms with Gasteiger partial charge >= 0.3 is 0 Å². The van der Waals surface area contributed by atoms with Gasteiger partial charge in [-0.25, -0.2) is 4.98 Å². The Hall–Kier alpha value is -2.90. The normalized spacial score (nSPS) is 15.1. The van der Waals surface area contributed by atoms with Gasteiger partial charge in [0.2, 0.25) is 0 Å². The Bertz CT molecular complexity index is 1240. The van der Waals surface area contributed by atoms with Crippen LogP contribution in [0, 0.1) is 11.8 Å². The number of fused-ring (bicyclic) bond motifs is 1. The van der Waals surface area contributed by atoms with Gasteiger partial charge in [-0.2, -0.15) is 0 Å². The summed E-state index contributed by atoms with van der Waals surface area (Å²) in [5.41, 5.74) is 4.70. The first-order valence-electron chi connectivity index (χ1n) is 15.0. The maximum absolute atomic E-state index is 13.8. The third kappa shape index (κ3) is 7.43. The summed E-state index contributed by atoms with van der Waals surface area (Å²) >= 11 is 0. The molecular weight excluding hydrogens is 498 g/mol. The molecule has 4 rings (SSSR count). The molecule has 1 saturated heterocycles. The predicted octanol–water partition coefficient (Wildman–Crippen LogP) is 6.07. The number of amides is 1. The van der Waals surface area contributed by atoms with Gasteiger partial charge in [-0.05, 0) is 75.9 Å². The van der Waals surface area contributed by atoms with Crippen molar-refractivity contribution in [3.8, 4) is 17.0 Å². The lowest BCUT2D eigenvalue weighted by Crippen LogP contribution is -2.41. The third-order valence-corrected chi connectivity index (χ3v) is 8.21. The second kappa shape index (κ2) is 13.6. The van der Waals surface area contributed by atoms with Crippen LogP contribution in [0.1, 0.15) is 69.4 Å². The lowest BCUT2D eigenvalue weighted by molar-refractivity contribution is 0.0740. The first-order valence-corrected chi connectivity index (χ1v) is 15.0. The molecule has 1 aliphatic rings. The van der Waals surface area contributed by atoms with Crippen LogP contribution in [0.4, 0.5) is 0 Å². The van der Waals surface area contributed by atoms with Crippen LogP contribution in [0.3, 0.4) is 0 Å². The number of hydrogen-bond acceptors (Lipinski definition) is 5. The molecule has 7 nitrogen and oxygen atoms in total. The van der Waals surface area contributed by atoms with E-state index in [-0.39, 0.29) is 5.91 Å².